The van der Waals surface area contributed by atoms with Crippen LogP contribution in [0, 0.1) is 5.82 Å². The zero-order valence-corrected chi connectivity index (χ0v) is 20.0. The van der Waals surface area contributed by atoms with E-state index in [1.807, 2.05) is 0 Å². The van der Waals surface area contributed by atoms with Crippen LogP contribution in [0.4, 0.5) is 14.9 Å². The third kappa shape index (κ3) is 7.06. The zero-order valence-electron chi connectivity index (χ0n) is 19.2. The van der Waals surface area contributed by atoms with Crippen LogP contribution in [-0.4, -0.2) is 54.3 Å². The number of hydrogen-bond acceptors (Lipinski definition) is 8. The third-order valence-electron chi connectivity index (χ3n) is 4.50. The number of nitrogens with zero attached hydrogens (tertiary/aromatic N) is 1. The van der Waals surface area contributed by atoms with E-state index in [0.29, 0.717) is 28.8 Å². The lowest BCUT2D eigenvalue weighted by molar-refractivity contribution is -0.149. The van der Waals surface area contributed by atoms with E-state index >= 15 is 0 Å². The Kier molecular flexibility index (Phi) is 8.48. The highest BCUT2D eigenvalue weighted by Crippen LogP contribution is 2.34. The van der Waals surface area contributed by atoms with Crippen molar-refractivity contribution < 1.29 is 37.8 Å². The first-order valence-corrected chi connectivity index (χ1v) is 11.3. The molecule has 1 saturated heterocycles. The Balaban J connectivity index is 1.64. The molecule has 2 aromatic carbocycles. The van der Waals surface area contributed by atoms with Crippen molar-refractivity contribution in [3.05, 3.63) is 58.8 Å². The molecule has 184 valence electrons. The first kappa shape index (κ1) is 25.8. The number of imide groups is 1. The monoisotopic (exact) mass is 502 g/mol. The zero-order chi connectivity index (χ0) is 25.5. The maximum Gasteiger partial charge on any atom is 0.326 e. The average molecular weight is 503 g/mol. The van der Waals surface area contributed by atoms with Gasteiger partial charge in [-0.1, -0.05) is 6.07 Å². The fourth-order valence-electron chi connectivity index (χ4n) is 2.98. The average Bonchev–Trinajstić information content (AvgIpc) is 3.06. The van der Waals surface area contributed by atoms with Gasteiger partial charge in [0.25, 0.3) is 17.1 Å². The first-order chi connectivity index (χ1) is 16.7. The number of ether oxygens (including phenoxy) is 3. The molecule has 0 radical (unpaired) electrons. The summed E-state index contributed by atoms with van der Waals surface area (Å²) in [5, 5.41) is 2.01. The molecule has 3 rings (SSSR count). The largest absolute Gasteiger partial charge is 0.493 e. The van der Waals surface area contributed by atoms with Crippen LogP contribution in [0.1, 0.15) is 19.4 Å². The van der Waals surface area contributed by atoms with Crippen LogP contribution in [0.15, 0.2) is 47.4 Å². The number of thioether (sulfide) groups is 1. The van der Waals surface area contributed by atoms with Gasteiger partial charge in [0, 0.05) is 5.69 Å². The van der Waals surface area contributed by atoms with Crippen molar-refractivity contribution in [2.24, 2.45) is 0 Å². The summed E-state index contributed by atoms with van der Waals surface area (Å²) in [6.45, 7) is 2.56. The number of anilines is 1. The summed E-state index contributed by atoms with van der Waals surface area (Å²) in [7, 11) is 1.42. The van der Waals surface area contributed by atoms with E-state index in [-0.39, 0.29) is 23.4 Å². The highest BCUT2D eigenvalue weighted by atomic mass is 32.2. The highest BCUT2D eigenvalue weighted by Gasteiger charge is 2.36. The molecule has 1 heterocycles. The van der Waals surface area contributed by atoms with E-state index in [1.54, 1.807) is 32.0 Å². The van der Waals surface area contributed by atoms with Crippen LogP contribution in [0.25, 0.3) is 6.08 Å². The number of carbonyl (C=O) groups is 4. The number of methoxy groups -OCH3 is 1. The lowest BCUT2D eigenvalue weighted by Crippen LogP contribution is -2.35. The molecule has 1 aliphatic heterocycles. The van der Waals surface area contributed by atoms with Crippen molar-refractivity contribution in [2.45, 2.75) is 20.0 Å². The first-order valence-electron chi connectivity index (χ1n) is 10.5. The second-order valence-corrected chi connectivity index (χ2v) is 8.55. The molecule has 0 aromatic heterocycles. The molecule has 0 saturated carbocycles. The molecular weight excluding hydrogens is 479 g/mol. The van der Waals surface area contributed by atoms with Gasteiger partial charge in [-0.3, -0.25) is 24.1 Å². The van der Waals surface area contributed by atoms with E-state index in [0.717, 1.165) is 4.90 Å². The molecule has 35 heavy (non-hydrogen) atoms. The summed E-state index contributed by atoms with van der Waals surface area (Å²) in [5.74, 6) is -1.56. The van der Waals surface area contributed by atoms with Crippen LogP contribution >= 0.6 is 11.8 Å². The lowest BCUT2D eigenvalue weighted by Gasteiger charge is -2.13. The quantitative estimate of drug-likeness (QED) is 0.407. The molecule has 1 fully saturated rings. The van der Waals surface area contributed by atoms with E-state index < -0.39 is 35.4 Å². The van der Waals surface area contributed by atoms with Crippen molar-refractivity contribution in [1.29, 1.82) is 0 Å². The highest BCUT2D eigenvalue weighted by molar-refractivity contribution is 8.18. The number of carbonyl (C=O) groups excluding carboxylic acids is 4. The van der Waals surface area contributed by atoms with Gasteiger partial charge in [0.2, 0.25) is 0 Å². The van der Waals surface area contributed by atoms with E-state index in [4.69, 9.17) is 14.2 Å². The summed E-state index contributed by atoms with van der Waals surface area (Å²) in [5.41, 5.74) is 0.967. The normalized spacial score (nSPS) is 14.4. The number of halogens is 1. The molecule has 9 nitrogen and oxygen atoms in total. The second kappa shape index (κ2) is 11.5. The molecule has 1 N–H and O–H groups in total. The Hall–Kier alpha value is -3.86. The molecule has 2 aromatic rings. The maximum absolute atomic E-state index is 13.0. The Bertz CT molecular complexity index is 1160. The number of benzene rings is 2. The molecule has 0 unspecified atom stereocenters. The standard InChI is InChI=1S/C24H23FN2O7S/c1-14(2)34-22(29)12-27-23(30)20(35-24(27)31)11-15-4-9-18(19(10-15)32-3)33-13-21(28)26-17-7-5-16(25)6-8-17/h4-11,14H,12-13H2,1-3H3,(H,26,28)/b20-11+. The van der Waals surface area contributed by atoms with Gasteiger partial charge < -0.3 is 19.5 Å². The molecular formula is C24H23FN2O7S. The minimum atomic E-state index is -0.671. The van der Waals surface area contributed by atoms with Crippen LogP contribution in [0.5, 0.6) is 11.5 Å². The van der Waals surface area contributed by atoms with Gasteiger partial charge in [-0.15, -0.1) is 0 Å². The van der Waals surface area contributed by atoms with Gasteiger partial charge in [-0.05, 0) is 73.6 Å². The van der Waals surface area contributed by atoms with Crippen LogP contribution in [0.3, 0.4) is 0 Å². The van der Waals surface area contributed by atoms with E-state index in [1.165, 1.54) is 37.5 Å². The van der Waals surface area contributed by atoms with Gasteiger partial charge in [0.05, 0.1) is 18.1 Å². The van der Waals surface area contributed by atoms with Crippen molar-refractivity contribution in [3.63, 3.8) is 0 Å². The van der Waals surface area contributed by atoms with Crippen molar-refractivity contribution in [3.8, 4) is 11.5 Å². The summed E-state index contributed by atoms with van der Waals surface area (Å²) in [4.78, 5) is 49.7. The second-order valence-electron chi connectivity index (χ2n) is 7.56. The van der Waals surface area contributed by atoms with Crippen LogP contribution in [-0.2, 0) is 19.1 Å². The molecule has 0 bridgehead atoms. The minimum Gasteiger partial charge on any atom is -0.493 e. The lowest BCUT2D eigenvalue weighted by atomic mass is 10.2. The summed E-state index contributed by atoms with van der Waals surface area (Å²) >= 11 is 0.713. The third-order valence-corrected chi connectivity index (χ3v) is 5.41. The Morgan fingerprint density at radius 3 is 2.49 bits per heavy atom. The van der Waals surface area contributed by atoms with E-state index in [9.17, 15) is 23.6 Å². The predicted molar refractivity (Wildman–Crippen MR) is 127 cm³/mol. The number of esters is 1. The van der Waals surface area contributed by atoms with Crippen LogP contribution < -0.4 is 14.8 Å². The maximum atomic E-state index is 13.0. The summed E-state index contributed by atoms with van der Waals surface area (Å²) < 4.78 is 28.8. The molecule has 0 atom stereocenters. The van der Waals surface area contributed by atoms with Crippen molar-refractivity contribution >= 4 is 46.5 Å². The topological polar surface area (TPSA) is 111 Å². The SMILES string of the molecule is COc1cc(/C=C2/SC(=O)N(CC(=O)OC(C)C)C2=O)ccc1OCC(=O)Nc1ccc(F)cc1. The van der Waals surface area contributed by atoms with Gasteiger partial charge in [-0.2, -0.15) is 0 Å². The van der Waals surface area contributed by atoms with Gasteiger partial charge in [-0.25, -0.2) is 4.39 Å². The number of nitrogens with one attached hydrogen (secondary N) is 1. The molecule has 1 aliphatic rings. The Morgan fingerprint density at radius 2 is 1.83 bits per heavy atom. The number of hydrogen-bond donors (Lipinski definition) is 1. The van der Waals surface area contributed by atoms with Gasteiger partial charge in [0.15, 0.2) is 18.1 Å². The van der Waals surface area contributed by atoms with Crippen molar-refractivity contribution in [1.82, 2.24) is 4.90 Å². The van der Waals surface area contributed by atoms with Gasteiger partial charge in [0.1, 0.15) is 12.4 Å². The fraction of sp³-hybridized carbons (Fsp3) is 0.250. The van der Waals surface area contributed by atoms with Gasteiger partial charge >= 0.3 is 5.97 Å². The van der Waals surface area contributed by atoms with Crippen LogP contribution in [0.2, 0.25) is 0 Å². The van der Waals surface area contributed by atoms with Crippen molar-refractivity contribution in [2.75, 3.05) is 25.6 Å². The summed E-state index contributed by atoms with van der Waals surface area (Å²) in [6.07, 6.45) is 1.13. The fourth-order valence-corrected chi connectivity index (χ4v) is 3.82. The smallest absolute Gasteiger partial charge is 0.326 e. The summed E-state index contributed by atoms with van der Waals surface area (Å²) in [6, 6.07) is 10.1. The Morgan fingerprint density at radius 1 is 1.11 bits per heavy atom. The number of rotatable bonds is 9. The number of amides is 3. The van der Waals surface area contributed by atoms with E-state index in [2.05, 4.69) is 5.32 Å². The minimum absolute atomic E-state index is 0.141. The predicted octanol–water partition coefficient (Wildman–Crippen LogP) is 3.84. The molecule has 3 amide bonds. The molecule has 0 aliphatic carbocycles. The Labute approximate surface area is 205 Å². The molecule has 11 heteroatoms. The molecule has 0 spiro atoms.